The summed E-state index contributed by atoms with van der Waals surface area (Å²) in [5.74, 6) is -0.579. The van der Waals surface area contributed by atoms with Gasteiger partial charge in [-0.05, 0) is 44.6 Å². The molecule has 16 heteroatoms. The molecule has 1 saturated carbocycles. The van der Waals surface area contributed by atoms with Crippen LogP contribution in [-0.4, -0.2) is 99.0 Å². The molecule has 2 atom stereocenters. The van der Waals surface area contributed by atoms with E-state index in [1.165, 1.54) is 35.1 Å². The number of piperazine rings is 1. The first kappa shape index (κ1) is 35.6. The van der Waals surface area contributed by atoms with Crippen molar-refractivity contribution in [2.45, 2.75) is 69.5 Å². The van der Waals surface area contributed by atoms with E-state index in [-0.39, 0.29) is 74.8 Å². The van der Waals surface area contributed by atoms with Crippen molar-refractivity contribution in [3.8, 4) is 16.3 Å². The first-order valence-corrected chi connectivity index (χ1v) is 14.4. The van der Waals surface area contributed by atoms with Crippen LogP contribution in [0, 0.1) is 6.92 Å². The van der Waals surface area contributed by atoms with Gasteiger partial charge < -0.3 is 52.9 Å². The number of benzene rings is 1. The molecule has 1 aromatic carbocycles. The van der Waals surface area contributed by atoms with Gasteiger partial charge in [0, 0.05) is 43.4 Å². The quantitative estimate of drug-likeness (QED) is 0.312. The number of alkyl halides is 3. The number of carboxylic acid groups (broad SMARTS) is 1. The Balaban J connectivity index is 0.000000505. The Hall–Kier alpha value is -1.85. The number of thiazole rings is 1. The number of hydrogen-bond donors (Lipinski definition) is 2. The van der Waals surface area contributed by atoms with E-state index < -0.39 is 23.8 Å². The number of fused-ring (bicyclic) bond motifs is 3. The van der Waals surface area contributed by atoms with Crippen LogP contribution in [-0.2, 0) is 10.3 Å². The van der Waals surface area contributed by atoms with Crippen LogP contribution in [0.15, 0.2) is 22.1 Å². The fraction of sp³-hybridized carbons (Fsp3) is 0.556. The molecule has 2 unspecified atom stereocenters. The SMILES string of the molecule is C1CCOC1.O=C(O)N1C2CCC1CN(c1nc3c(OC(F)(F)F)c(C4(O)CC4)cc(-c4nccs4)c3o1)C2.[Br-].[CH2-]C.[Mg+2]. The summed E-state index contributed by atoms with van der Waals surface area (Å²) >= 11 is 1.28. The van der Waals surface area contributed by atoms with Gasteiger partial charge in [0.15, 0.2) is 16.8 Å². The van der Waals surface area contributed by atoms with Crippen LogP contribution >= 0.6 is 11.3 Å². The van der Waals surface area contributed by atoms with E-state index >= 15 is 0 Å². The Kier molecular flexibility index (Phi) is 12.0. The third kappa shape index (κ3) is 7.69. The summed E-state index contributed by atoms with van der Waals surface area (Å²) in [6, 6.07) is 1.02. The van der Waals surface area contributed by atoms with Crippen LogP contribution in [0.3, 0.4) is 0 Å². The van der Waals surface area contributed by atoms with Gasteiger partial charge in [0.05, 0.1) is 23.2 Å². The molecular weight excluding hydrogens is 670 g/mol. The monoisotopic (exact) mass is 700 g/mol. The maximum Gasteiger partial charge on any atom is 2.00 e. The minimum absolute atomic E-state index is 0. The maximum absolute atomic E-state index is 13.4. The second-order valence-electron chi connectivity index (χ2n) is 10.2. The molecule has 232 valence electrons. The molecular formula is C27H32BrF3MgN4O6S. The van der Waals surface area contributed by atoms with Gasteiger partial charge in [-0.25, -0.2) is 9.78 Å². The van der Waals surface area contributed by atoms with E-state index in [4.69, 9.17) is 9.15 Å². The van der Waals surface area contributed by atoms with Gasteiger partial charge >= 0.3 is 35.5 Å². The minimum atomic E-state index is -5.00. The zero-order chi connectivity index (χ0) is 29.4. The van der Waals surface area contributed by atoms with Gasteiger partial charge in [-0.3, -0.25) is 4.90 Å². The van der Waals surface area contributed by atoms with Gasteiger partial charge in [0.1, 0.15) is 5.01 Å². The molecule has 2 bridgehead atoms. The number of oxazole rings is 1. The van der Waals surface area contributed by atoms with Crippen molar-refractivity contribution in [1.82, 2.24) is 14.9 Å². The zero-order valence-corrected chi connectivity index (χ0v) is 27.4. The topological polar surface area (TPSA) is 121 Å². The molecule has 2 N–H and O–H groups in total. The number of anilines is 1. The summed E-state index contributed by atoms with van der Waals surface area (Å²) in [7, 11) is 0. The van der Waals surface area contributed by atoms with Gasteiger partial charge in [0.2, 0.25) is 0 Å². The number of ether oxygens (including phenoxy) is 2. The Morgan fingerprint density at radius 2 is 1.81 bits per heavy atom. The maximum atomic E-state index is 13.4. The van der Waals surface area contributed by atoms with Crippen molar-refractivity contribution in [3.63, 3.8) is 0 Å². The van der Waals surface area contributed by atoms with Crippen molar-refractivity contribution in [1.29, 1.82) is 0 Å². The Bertz CT molecular complexity index is 1350. The predicted molar refractivity (Wildman–Crippen MR) is 151 cm³/mol. The Morgan fingerprint density at radius 1 is 1.19 bits per heavy atom. The standard InChI is InChI=1S/C21H19F3N4O5S.C4H8O.C2H5.BrH.Mg/c22-21(23,24)33-16-13(20(31)3-4-20)7-12(17-25-5-6-34-17)15-14(16)26-18(32-15)27-8-10-1-2-11(9-27)28(10)19(29)30;1-2-4-5-3-1;1-2;;/h5-7,10-11,31H,1-4,8-9H2,(H,29,30);1-4H2;1H2,2H3;1H;/q;;-1;;+2/p-1. The molecule has 3 saturated heterocycles. The van der Waals surface area contributed by atoms with Crippen molar-refractivity contribution in [3.05, 3.63) is 30.1 Å². The Morgan fingerprint density at radius 3 is 2.28 bits per heavy atom. The molecule has 0 radical (unpaired) electrons. The average molecular weight is 702 g/mol. The van der Waals surface area contributed by atoms with E-state index in [0.29, 0.717) is 49.3 Å². The summed E-state index contributed by atoms with van der Waals surface area (Å²) in [6.45, 7) is 7.63. The van der Waals surface area contributed by atoms with E-state index in [9.17, 15) is 28.2 Å². The number of aliphatic hydroxyl groups is 1. The fourth-order valence-corrected chi connectivity index (χ4v) is 6.18. The summed E-state index contributed by atoms with van der Waals surface area (Å²) in [5, 5.41) is 22.5. The first-order chi connectivity index (χ1) is 19.6. The van der Waals surface area contributed by atoms with E-state index in [1.807, 2.05) is 0 Å². The van der Waals surface area contributed by atoms with Crippen LogP contribution in [0.4, 0.5) is 24.0 Å². The molecule has 3 aromatic rings. The molecule has 2 aromatic heterocycles. The molecule has 4 fully saturated rings. The Labute approximate surface area is 277 Å². The number of aromatic nitrogens is 2. The molecule has 1 amide bonds. The molecule has 43 heavy (non-hydrogen) atoms. The predicted octanol–water partition coefficient (Wildman–Crippen LogP) is 2.42. The first-order valence-electron chi connectivity index (χ1n) is 13.5. The summed E-state index contributed by atoms with van der Waals surface area (Å²) in [5.41, 5.74) is -1.10. The second-order valence-corrected chi connectivity index (χ2v) is 11.1. The van der Waals surface area contributed by atoms with E-state index in [1.54, 1.807) is 23.4 Å². The minimum Gasteiger partial charge on any atom is -1.00 e. The van der Waals surface area contributed by atoms with Crippen LogP contribution in [0.1, 0.15) is 51.0 Å². The molecule has 0 spiro atoms. The van der Waals surface area contributed by atoms with Gasteiger partial charge in [-0.15, -0.1) is 24.5 Å². The molecule has 10 nitrogen and oxygen atoms in total. The van der Waals surface area contributed by atoms with E-state index in [0.717, 1.165) is 13.2 Å². The molecule has 4 aliphatic rings. The second kappa shape index (κ2) is 14.5. The van der Waals surface area contributed by atoms with Crippen LogP contribution in [0.25, 0.3) is 21.7 Å². The number of halogens is 4. The summed E-state index contributed by atoms with van der Waals surface area (Å²) < 4.78 is 55.5. The molecule has 1 aliphatic carbocycles. The van der Waals surface area contributed by atoms with Crippen LogP contribution in [0.2, 0.25) is 0 Å². The van der Waals surface area contributed by atoms with Crippen LogP contribution < -0.4 is 26.6 Å². The fourth-order valence-electron chi connectivity index (χ4n) is 5.53. The molecule has 7 rings (SSSR count). The van der Waals surface area contributed by atoms with Crippen LogP contribution in [0.5, 0.6) is 5.75 Å². The van der Waals surface area contributed by atoms with Gasteiger partial charge in [-0.1, -0.05) is 0 Å². The van der Waals surface area contributed by atoms with Gasteiger partial charge in [-0.2, -0.15) is 11.9 Å². The largest absolute Gasteiger partial charge is 2.00 e. The number of nitrogens with zero attached hydrogens (tertiary/aromatic N) is 4. The summed E-state index contributed by atoms with van der Waals surface area (Å²) in [6.07, 6.45) is 0.122. The summed E-state index contributed by atoms with van der Waals surface area (Å²) in [4.78, 5) is 23.5. The zero-order valence-electron chi connectivity index (χ0n) is 23.6. The number of carbonyl (C=O) groups is 1. The van der Waals surface area contributed by atoms with E-state index in [2.05, 4.69) is 21.6 Å². The van der Waals surface area contributed by atoms with Gasteiger partial charge in [0.25, 0.3) is 6.01 Å². The number of hydrogen-bond acceptors (Lipinski definition) is 9. The molecule has 5 heterocycles. The van der Waals surface area contributed by atoms with Crippen molar-refractivity contribution < 1.29 is 59.1 Å². The third-order valence-electron chi connectivity index (χ3n) is 7.52. The average Bonchev–Trinajstić information content (AvgIpc) is 3.53. The number of amides is 1. The smallest absolute Gasteiger partial charge is 1.00 e. The van der Waals surface area contributed by atoms with Crippen molar-refractivity contribution in [2.24, 2.45) is 0 Å². The number of rotatable bonds is 4. The third-order valence-corrected chi connectivity index (χ3v) is 8.32. The van der Waals surface area contributed by atoms with Crippen molar-refractivity contribution >= 4 is 57.6 Å². The van der Waals surface area contributed by atoms with Crippen molar-refractivity contribution in [2.75, 3.05) is 31.2 Å². The molecule has 3 aliphatic heterocycles. The normalized spacial score (nSPS) is 21.5.